The fourth-order valence-corrected chi connectivity index (χ4v) is 4.65. The zero-order chi connectivity index (χ0) is 20.9. The second-order valence-electron chi connectivity index (χ2n) is 7.13. The van der Waals surface area contributed by atoms with Crippen LogP contribution >= 0.6 is 0 Å². The zero-order valence-corrected chi connectivity index (χ0v) is 17.2. The lowest BCUT2D eigenvalue weighted by atomic mass is 10.1. The molecule has 0 radical (unpaired) electrons. The molecule has 1 aliphatic rings. The van der Waals surface area contributed by atoms with E-state index in [4.69, 9.17) is 4.74 Å². The summed E-state index contributed by atoms with van der Waals surface area (Å²) < 4.78 is 47.7. The van der Waals surface area contributed by atoms with Crippen molar-refractivity contribution >= 4 is 20.9 Å². The SMILES string of the molecule is COc1cccc(Cn2ncc3c4c(n(C)c3c2=O)CN(S(C)(=O)=O)CC4)c1F. The molecule has 8 nitrogen and oxygen atoms in total. The number of aromatic nitrogens is 3. The number of sulfonamides is 1. The predicted octanol–water partition coefficient (Wildman–Crippen LogP) is 1.25. The van der Waals surface area contributed by atoms with Gasteiger partial charge in [0.2, 0.25) is 10.0 Å². The maximum atomic E-state index is 14.5. The quantitative estimate of drug-likeness (QED) is 0.634. The number of ether oxygens (including phenoxy) is 1. The summed E-state index contributed by atoms with van der Waals surface area (Å²) in [4.78, 5) is 13.1. The molecule has 4 rings (SSSR count). The van der Waals surface area contributed by atoms with Gasteiger partial charge >= 0.3 is 0 Å². The van der Waals surface area contributed by atoms with Crippen molar-refractivity contribution in [2.45, 2.75) is 19.5 Å². The Hall–Kier alpha value is -2.72. The Morgan fingerprint density at radius 1 is 1.31 bits per heavy atom. The summed E-state index contributed by atoms with van der Waals surface area (Å²) >= 11 is 0. The molecule has 3 heterocycles. The van der Waals surface area contributed by atoms with Gasteiger partial charge in [0, 0.05) is 30.2 Å². The van der Waals surface area contributed by atoms with Crippen LogP contribution in [0.4, 0.5) is 4.39 Å². The third kappa shape index (κ3) is 3.22. The van der Waals surface area contributed by atoms with E-state index in [9.17, 15) is 17.6 Å². The van der Waals surface area contributed by atoms with Gasteiger partial charge in [0.25, 0.3) is 5.56 Å². The Morgan fingerprint density at radius 3 is 2.76 bits per heavy atom. The molecular weight excluding hydrogens is 399 g/mol. The number of nitrogens with zero attached hydrogens (tertiary/aromatic N) is 4. The second kappa shape index (κ2) is 6.96. The van der Waals surface area contributed by atoms with Crippen LogP contribution in [0.5, 0.6) is 5.75 Å². The smallest absolute Gasteiger partial charge is 0.291 e. The third-order valence-corrected chi connectivity index (χ3v) is 6.67. The number of hydrogen-bond acceptors (Lipinski definition) is 5. The molecule has 0 unspecified atom stereocenters. The second-order valence-corrected chi connectivity index (χ2v) is 9.12. The predicted molar refractivity (Wildman–Crippen MR) is 106 cm³/mol. The van der Waals surface area contributed by atoms with Crippen molar-refractivity contribution in [3.05, 3.63) is 57.4 Å². The molecule has 10 heteroatoms. The number of rotatable bonds is 4. The highest BCUT2D eigenvalue weighted by atomic mass is 32.2. The lowest BCUT2D eigenvalue weighted by Crippen LogP contribution is -2.35. The van der Waals surface area contributed by atoms with Crippen LogP contribution in [0.1, 0.15) is 16.8 Å². The largest absolute Gasteiger partial charge is 0.494 e. The number of aryl methyl sites for hydroxylation is 1. The summed E-state index contributed by atoms with van der Waals surface area (Å²) in [6.45, 7) is 0.537. The molecule has 154 valence electrons. The Kier molecular flexibility index (Phi) is 4.70. The van der Waals surface area contributed by atoms with Crippen molar-refractivity contribution in [2.24, 2.45) is 7.05 Å². The lowest BCUT2D eigenvalue weighted by molar-refractivity contribution is 0.383. The topological polar surface area (TPSA) is 86.4 Å². The normalized spacial score (nSPS) is 14.9. The van der Waals surface area contributed by atoms with Gasteiger partial charge < -0.3 is 9.30 Å². The van der Waals surface area contributed by atoms with Crippen LogP contribution in [0.15, 0.2) is 29.2 Å². The van der Waals surface area contributed by atoms with Gasteiger partial charge in [-0.15, -0.1) is 0 Å². The van der Waals surface area contributed by atoms with Gasteiger partial charge in [-0.25, -0.2) is 17.5 Å². The Labute approximate surface area is 167 Å². The van der Waals surface area contributed by atoms with E-state index in [1.165, 1.54) is 28.4 Å². The Bertz CT molecular complexity index is 1280. The van der Waals surface area contributed by atoms with Gasteiger partial charge in [0.05, 0.1) is 32.7 Å². The average Bonchev–Trinajstić information content (AvgIpc) is 2.97. The van der Waals surface area contributed by atoms with E-state index < -0.39 is 15.8 Å². The van der Waals surface area contributed by atoms with Crippen molar-refractivity contribution < 1.29 is 17.5 Å². The van der Waals surface area contributed by atoms with Crippen molar-refractivity contribution in [3.63, 3.8) is 0 Å². The van der Waals surface area contributed by atoms with E-state index in [0.29, 0.717) is 29.4 Å². The first-order valence-corrected chi connectivity index (χ1v) is 10.9. The van der Waals surface area contributed by atoms with Crippen molar-refractivity contribution in [2.75, 3.05) is 19.9 Å². The summed E-state index contributed by atoms with van der Waals surface area (Å²) in [5.41, 5.74) is 2.09. The molecule has 0 N–H and O–H groups in total. The molecule has 0 bridgehead atoms. The van der Waals surface area contributed by atoms with Crippen LogP contribution in [0, 0.1) is 5.82 Å². The first-order chi connectivity index (χ1) is 13.7. The van der Waals surface area contributed by atoms with Crippen LogP contribution in [0.3, 0.4) is 0 Å². The fourth-order valence-electron chi connectivity index (χ4n) is 3.87. The summed E-state index contributed by atoms with van der Waals surface area (Å²) in [7, 11) is -0.203. The highest BCUT2D eigenvalue weighted by Crippen LogP contribution is 2.29. The molecule has 0 aliphatic carbocycles. The van der Waals surface area contributed by atoms with Crippen LogP contribution < -0.4 is 10.3 Å². The third-order valence-electron chi connectivity index (χ3n) is 5.42. The standard InChI is InChI=1S/C19H21FN4O4S/c1-22-15-11-23(29(3,26)27)8-7-13(15)14-9-21-24(19(25)18(14)22)10-12-5-4-6-16(28-2)17(12)20/h4-6,9H,7-8,10-11H2,1-3H3. The Balaban J connectivity index is 1.80. The fraction of sp³-hybridized carbons (Fsp3) is 0.368. The monoisotopic (exact) mass is 420 g/mol. The average molecular weight is 420 g/mol. The molecule has 1 aliphatic heterocycles. The first kappa shape index (κ1) is 19.6. The van der Waals surface area contributed by atoms with Crippen molar-refractivity contribution in [1.82, 2.24) is 18.7 Å². The van der Waals surface area contributed by atoms with E-state index in [-0.39, 0.29) is 24.4 Å². The number of halogens is 1. The van der Waals surface area contributed by atoms with Crippen LogP contribution in [0.25, 0.3) is 10.9 Å². The van der Waals surface area contributed by atoms with E-state index in [1.807, 2.05) is 0 Å². The first-order valence-electron chi connectivity index (χ1n) is 9.05. The maximum Gasteiger partial charge on any atom is 0.291 e. The molecule has 0 atom stereocenters. The lowest BCUT2D eigenvalue weighted by Gasteiger charge is -2.25. The molecule has 3 aromatic rings. The number of methoxy groups -OCH3 is 1. The van der Waals surface area contributed by atoms with E-state index in [0.717, 1.165) is 11.3 Å². The number of fused-ring (bicyclic) bond motifs is 3. The number of hydrogen-bond donors (Lipinski definition) is 0. The molecule has 0 amide bonds. The zero-order valence-electron chi connectivity index (χ0n) is 16.3. The van der Waals surface area contributed by atoms with E-state index in [2.05, 4.69) is 5.10 Å². The van der Waals surface area contributed by atoms with Gasteiger partial charge in [-0.3, -0.25) is 4.79 Å². The minimum Gasteiger partial charge on any atom is -0.494 e. The molecule has 2 aromatic heterocycles. The van der Waals surface area contributed by atoms with Gasteiger partial charge in [0.1, 0.15) is 5.52 Å². The molecule has 29 heavy (non-hydrogen) atoms. The Morgan fingerprint density at radius 2 is 2.07 bits per heavy atom. The van der Waals surface area contributed by atoms with E-state index >= 15 is 0 Å². The summed E-state index contributed by atoms with van der Waals surface area (Å²) in [6.07, 6.45) is 3.29. The van der Waals surface area contributed by atoms with Gasteiger partial charge in [-0.2, -0.15) is 9.40 Å². The molecule has 0 saturated carbocycles. The van der Waals surface area contributed by atoms with Crippen molar-refractivity contribution in [1.29, 1.82) is 0 Å². The highest BCUT2D eigenvalue weighted by Gasteiger charge is 2.29. The summed E-state index contributed by atoms with van der Waals surface area (Å²) in [5, 5.41) is 4.95. The van der Waals surface area contributed by atoms with Gasteiger partial charge in [-0.05, 0) is 18.1 Å². The molecule has 0 saturated heterocycles. The van der Waals surface area contributed by atoms with Crippen molar-refractivity contribution in [3.8, 4) is 5.75 Å². The highest BCUT2D eigenvalue weighted by molar-refractivity contribution is 7.88. The summed E-state index contributed by atoms with van der Waals surface area (Å²) in [6, 6.07) is 4.75. The minimum atomic E-state index is -3.33. The molecule has 1 aromatic carbocycles. The van der Waals surface area contributed by atoms with Crippen LogP contribution in [0.2, 0.25) is 0 Å². The molecular formula is C19H21FN4O4S. The van der Waals surface area contributed by atoms with Crippen LogP contribution in [-0.2, 0) is 36.6 Å². The maximum absolute atomic E-state index is 14.5. The van der Waals surface area contributed by atoms with Gasteiger partial charge in [0.15, 0.2) is 11.6 Å². The minimum absolute atomic E-state index is 0.0386. The summed E-state index contributed by atoms with van der Waals surface area (Å²) in [5.74, 6) is -0.425. The number of benzene rings is 1. The van der Waals surface area contributed by atoms with E-state index in [1.54, 1.807) is 29.9 Å². The van der Waals surface area contributed by atoms with Crippen LogP contribution in [-0.4, -0.2) is 47.0 Å². The van der Waals surface area contributed by atoms with Gasteiger partial charge in [-0.1, -0.05) is 12.1 Å². The molecule has 0 fully saturated rings. The molecule has 0 spiro atoms.